The summed E-state index contributed by atoms with van der Waals surface area (Å²) in [5.74, 6) is -0.921. The molecule has 2 heterocycles. The lowest BCUT2D eigenvalue weighted by Gasteiger charge is -2.26. The lowest BCUT2D eigenvalue weighted by molar-refractivity contribution is -0.140. The summed E-state index contributed by atoms with van der Waals surface area (Å²) < 4.78 is 53.9. The van der Waals surface area contributed by atoms with Crippen molar-refractivity contribution in [2.24, 2.45) is 4.99 Å². The number of benzene rings is 2. The molecule has 0 bridgehead atoms. The minimum Gasteiger partial charge on any atom is -0.478 e. The molecule has 12 heteroatoms. The van der Waals surface area contributed by atoms with E-state index in [-0.39, 0.29) is 28.1 Å². The van der Waals surface area contributed by atoms with E-state index < -0.39 is 35.0 Å². The molecule has 7 nitrogen and oxygen atoms in total. The number of ether oxygens (including phenoxy) is 2. The van der Waals surface area contributed by atoms with Crippen LogP contribution in [0.2, 0.25) is 5.02 Å². The van der Waals surface area contributed by atoms with Gasteiger partial charge < -0.3 is 9.47 Å². The van der Waals surface area contributed by atoms with Crippen LogP contribution in [0.25, 0.3) is 6.08 Å². The summed E-state index contributed by atoms with van der Waals surface area (Å²) in [5.41, 5.74) is -2.24. The van der Waals surface area contributed by atoms with Crippen LogP contribution in [0.4, 0.5) is 13.2 Å². The van der Waals surface area contributed by atoms with Crippen LogP contribution in [0.15, 0.2) is 69.6 Å². The van der Waals surface area contributed by atoms with Gasteiger partial charge in [0.05, 0.1) is 22.8 Å². The number of thiazole rings is 1. The summed E-state index contributed by atoms with van der Waals surface area (Å²) in [6.45, 7) is 1.05. The van der Waals surface area contributed by atoms with Crippen LogP contribution in [0.1, 0.15) is 24.1 Å². The Kier molecular flexibility index (Phi) is 7.52. The summed E-state index contributed by atoms with van der Waals surface area (Å²) in [4.78, 5) is 29.9. The standard InChI is InChI=1S/C25H17ClF3N3O4S/c1-2-35-23(34)19-20(14-7-9-16(26)10-8-14)32-22(33)18(37-24(32)31-21(19)25(27,28)29)13-15-5-3-4-6-17(15)36-12-11-30/h3-10,13,20H,2,12H2,1H3/b18-13-/t20-/m1/s1. The Morgan fingerprint density at radius 2 is 1.95 bits per heavy atom. The third-order valence-corrected chi connectivity index (χ3v) is 6.51. The number of esters is 1. The second-order valence-electron chi connectivity index (χ2n) is 7.60. The summed E-state index contributed by atoms with van der Waals surface area (Å²) in [6, 6.07) is 12.7. The van der Waals surface area contributed by atoms with E-state index >= 15 is 0 Å². The lowest BCUT2D eigenvalue weighted by atomic mass is 9.95. The van der Waals surface area contributed by atoms with Gasteiger partial charge in [0.25, 0.3) is 5.56 Å². The smallest absolute Gasteiger partial charge is 0.434 e. The van der Waals surface area contributed by atoms with E-state index in [9.17, 15) is 22.8 Å². The largest absolute Gasteiger partial charge is 0.478 e. The number of allylic oxidation sites excluding steroid dienone is 1. The third kappa shape index (κ3) is 5.30. The molecule has 190 valence electrons. The number of aromatic nitrogens is 1. The molecule has 2 aromatic carbocycles. The molecule has 0 unspecified atom stereocenters. The van der Waals surface area contributed by atoms with Gasteiger partial charge in [0.2, 0.25) is 0 Å². The van der Waals surface area contributed by atoms with Crippen LogP contribution >= 0.6 is 22.9 Å². The Bertz CT molecular complexity index is 1600. The first-order chi connectivity index (χ1) is 17.7. The van der Waals surface area contributed by atoms with Crippen molar-refractivity contribution in [1.82, 2.24) is 4.57 Å². The van der Waals surface area contributed by atoms with Crippen molar-refractivity contribution in [2.45, 2.75) is 19.1 Å². The molecule has 0 spiro atoms. The summed E-state index contributed by atoms with van der Waals surface area (Å²) in [6.07, 6.45) is -3.56. The van der Waals surface area contributed by atoms with Crippen molar-refractivity contribution in [3.05, 3.63) is 95.6 Å². The molecule has 3 aromatic rings. The van der Waals surface area contributed by atoms with E-state index in [0.29, 0.717) is 16.3 Å². The van der Waals surface area contributed by atoms with Crippen LogP contribution < -0.4 is 19.6 Å². The number of rotatable bonds is 6. The molecule has 0 amide bonds. The maximum absolute atomic E-state index is 14.2. The highest BCUT2D eigenvalue weighted by molar-refractivity contribution is 7.07. The number of fused-ring (bicyclic) bond motifs is 1. The van der Waals surface area contributed by atoms with E-state index in [2.05, 4.69) is 4.99 Å². The van der Waals surface area contributed by atoms with Crippen molar-refractivity contribution in [2.75, 3.05) is 13.2 Å². The Balaban J connectivity index is 2.02. The quantitative estimate of drug-likeness (QED) is 0.436. The lowest BCUT2D eigenvalue weighted by Crippen LogP contribution is -2.41. The molecule has 0 saturated heterocycles. The van der Waals surface area contributed by atoms with Crippen LogP contribution in [-0.4, -0.2) is 29.9 Å². The van der Waals surface area contributed by atoms with Gasteiger partial charge in [0.15, 0.2) is 17.1 Å². The summed E-state index contributed by atoms with van der Waals surface area (Å²) in [7, 11) is 0. The maximum Gasteiger partial charge on any atom is 0.434 e. The molecule has 1 aliphatic heterocycles. The number of hydrogen-bond acceptors (Lipinski definition) is 7. The number of nitrogens with zero attached hydrogens (tertiary/aromatic N) is 3. The van der Waals surface area contributed by atoms with Gasteiger partial charge in [0, 0.05) is 10.6 Å². The normalized spacial score (nSPS) is 15.6. The average Bonchev–Trinajstić information content (AvgIpc) is 3.17. The number of carbonyl (C=O) groups excluding carboxylic acids is 1. The van der Waals surface area contributed by atoms with Gasteiger partial charge in [-0.15, -0.1) is 0 Å². The zero-order valence-corrected chi connectivity index (χ0v) is 20.7. The van der Waals surface area contributed by atoms with Gasteiger partial charge in [-0.1, -0.05) is 53.3 Å². The first-order valence-electron chi connectivity index (χ1n) is 10.8. The highest BCUT2D eigenvalue weighted by Gasteiger charge is 2.45. The third-order valence-electron chi connectivity index (χ3n) is 5.28. The zero-order valence-electron chi connectivity index (χ0n) is 19.1. The van der Waals surface area contributed by atoms with Crippen molar-refractivity contribution < 1.29 is 27.4 Å². The van der Waals surface area contributed by atoms with Crippen molar-refractivity contribution in [1.29, 1.82) is 5.26 Å². The monoisotopic (exact) mass is 547 g/mol. The maximum atomic E-state index is 14.2. The van der Waals surface area contributed by atoms with E-state index in [1.807, 2.05) is 6.07 Å². The molecular weight excluding hydrogens is 531 g/mol. The van der Waals surface area contributed by atoms with Gasteiger partial charge >= 0.3 is 12.1 Å². The van der Waals surface area contributed by atoms with Crippen LogP contribution in [0.5, 0.6) is 5.75 Å². The minimum atomic E-state index is -5.00. The SMILES string of the molecule is CCOC(=O)C1=C(C(F)(F)F)N=c2s/c(=C\c3ccccc3OCC#N)c(=O)n2[C@@H]1c1ccc(Cl)cc1. The Hall–Kier alpha value is -3.88. The van der Waals surface area contributed by atoms with E-state index in [1.54, 1.807) is 24.3 Å². The molecule has 1 atom stereocenters. The van der Waals surface area contributed by atoms with Gasteiger partial charge in [-0.05, 0) is 36.8 Å². The zero-order chi connectivity index (χ0) is 26.7. The second kappa shape index (κ2) is 10.6. The molecule has 37 heavy (non-hydrogen) atoms. The highest BCUT2D eigenvalue weighted by atomic mass is 35.5. The molecular formula is C25H17ClF3N3O4S. The summed E-state index contributed by atoms with van der Waals surface area (Å²) >= 11 is 6.70. The number of nitriles is 1. The molecule has 0 N–H and O–H groups in total. The topological polar surface area (TPSA) is 93.7 Å². The molecule has 0 radical (unpaired) electrons. The average molecular weight is 548 g/mol. The Morgan fingerprint density at radius 3 is 2.59 bits per heavy atom. The molecule has 1 aromatic heterocycles. The number of carbonyl (C=O) groups is 1. The Labute approximate surface area is 217 Å². The highest BCUT2D eigenvalue weighted by Crippen LogP contribution is 2.38. The van der Waals surface area contributed by atoms with E-state index in [1.165, 1.54) is 37.3 Å². The predicted molar refractivity (Wildman–Crippen MR) is 130 cm³/mol. The van der Waals surface area contributed by atoms with Gasteiger partial charge in [-0.3, -0.25) is 9.36 Å². The van der Waals surface area contributed by atoms with Gasteiger partial charge in [-0.2, -0.15) is 18.4 Å². The van der Waals surface area contributed by atoms with E-state index in [4.69, 9.17) is 26.3 Å². The fraction of sp³-hybridized carbons (Fsp3) is 0.200. The minimum absolute atomic E-state index is 0.0531. The molecule has 0 aliphatic carbocycles. The first-order valence-corrected chi connectivity index (χ1v) is 12.0. The molecule has 4 rings (SSSR count). The van der Waals surface area contributed by atoms with Crippen molar-refractivity contribution in [3.63, 3.8) is 0 Å². The van der Waals surface area contributed by atoms with Crippen molar-refractivity contribution in [3.8, 4) is 11.8 Å². The second-order valence-corrected chi connectivity index (χ2v) is 9.04. The van der Waals surface area contributed by atoms with Gasteiger partial charge in [0.1, 0.15) is 11.8 Å². The number of alkyl halides is 3. The first kappa shape index (κ1) is 26.2. The van der Waals surface area contributed by atoms with Crippen LogP contribution in [-0.2, 0) is 9.53 Å². The van der Waals surface area contributed by atoms with Gasteiger partial charge in [-0.25, -0.2) is 9.79 Å². The number of halogens is 4. The van der Waals surface area contributed by atoms with Crippen LogP contribution in [0, 0.1) is 11.3 Å². The molecule has 1 aliphatic rings. The number of hydrogen-bond donors (Lipinski definition) is 0. The van der Waals surface area contributed by atoms with E-state index in [0.717, 1.165) is 15.9 Å². The summed E-state index contributed by atoms with van der Waals surface area (Å²) in [5, 5.41) is 9.15. The van der Waals surface area contributed by atoms with Crippen molar-refractivity contribution >= 4 is 35.0 Å². The molecule has 0 fully saturated rings. The van der Waals surface area contributed by atoms with Crippen LogP contribution in [0.3, 0.4) is 0 Å². The Morgan fingerprint density at radius 1 is 1.24 bits per heavy atom. The fourth-order valence-corrected chi connectivity index (χ4v) is 4.90. The fourth-order valence-electron chi connectivity index (χ4n) is 3.78. The predicted octanol–water partition coefficient (Wildman–Crippen LogP) is 3.90. The number of para-hydroxylation sites is 1. The molecule has 0 saturated carbocycles.